The summed E-state index contributed by atoms with van der Waals surface area (Å²) in [7, 11) is 1.51. The molecule has 1 heterocycles. The summed E-state index contributed by atoms with van der Waals surface area (Å²) in [6.45, 7) is 1.44. The Kier molecular flexibility index (Phi) is 2.28. The summed E-state index contributed by atoms with van der Waals surface area (Å²) in [4.78, 5) is 14.8. The van der Waals surface area contributed by atoms with Crippen LogP contribution in [0.5, 0.6) is 5.75 Å². The van der Waals surface area contributed by atoms with E-state index in [0.29, 0.717) is 11.3 Å². The highest BCUT2D eigenvalue weighted by molar-refractivity contribution is 5.98. The van der Waals surface area contributed by atoms with Crippen LogP contribution in [0.25, 0.3) is 0 Å². The lowest BCUT2D eigenvalue weighted by Gasteiger charge is -2.03. The molecule has 0 saturated heterocycles. The zero-order valence-electron chi connectivity index (χ0n) is 7.00. The predicted octanol–water partition coefficient (Wildman–Crippen LogP) is 0.875. The SMILES string of the molecule is COc1cnc(N)c(C(C)=O)c1. The molecule has 0 atom stereocenters. The van der Waals surface area contributed by atoms with Crippen LogP contribution in [0.3, 0.4) is 0 Å². The summed E-state index contributed by atoms with van der Waals surface area (Å²) in [6, 6.07) is 1.57. The lowest BCUT2D eigenvalue weighted by Crippen LogP contribution is -2.02. The van der Waals surface area contributed by atoms with E-state index in [1.54, 1.807) is 6.07 Å². The summed E-state index contributed by atoms with van der Waals surface area (Å²) < 4.78 is 4.89. The van der Waals surface area contributed by atoms with Crippen LogP contribution >= 0.6 is 0 Å². The van der Waals surface area contributed by atoms with E-state index in [2.05, 4.69) is 4.98 Å². The van der Waals surface area contributed by atoms with Gasteiger partial charge in [-0.1, -0.05) is 0 Å². The van der Waals surface area contributed by atoms with Crippen molar-refractivity contribution in [3.8, 4) is 5.75 Å². The van der Waals surface area contributed by atoms with E-state index in [1.807, 2.05) is 0 Å². The highest BCUT2D eigenvalue weighted by atomic mass is 16.5. The fourth-order valence-electron chi connectivity index (χ4n) is 0.850. The summed E-state index contributed by atoms with van der Waals surface area (Å²) in [6.07, 6.45) is 1.47. The molecule has 0 aliphatic carbocycles. The Labute approximate surface area is 70.4 Å². The van der Waals surface area contributed by atoms with Crippen LogP contribution < -0.4 is 10.5 Å². The molecule has 0 unspecified atom stereocenters. The number of nitrogens with two attached hydrogens (primary N) is 1. The van der Waals surface area contributed by atoms with Crippen molar-refractivity contribution in [1.29, 1.82) is 0 Å². The van der Waals surface area contributed by atoms with Crippen molar-refractivity contribution in [3.05, 3.63) is 17.8 Å². The van der Waals surface area contributed by atoms with Crippen molar-refractivity contribution in [2.75, 3.05) is 12.8 Å². The molecular formula is C8H10N2O2. The van der Waals surface area contributed by atoms with E-state index in [9.17, 15) is 4.79 Å². The molecular weight excluding hydrogens is 156 g/mol. The third kappa shape index (κ3) is 1.53. The number of methoxy groups -OCH3 is 1. The van der Waals surface area contributed by atoms with Crippen molar-refractivity contribution >= 4 is 11.6 Å². The van der Waals surface area contributed by atoms with E-state index in [0.717, 1.165) is 0 Å². The Morgan fingerprint density at radius 1 is 1.67 bits per heavy atom. The van der Waals surface area contributed by atoms with Crippen molar-refractivity contribution in [1.82, 2.24) is 4.98 Å². The molecule has 12 heavy (non-hydrogen) atoms. The molecule has 0 aromatic carbocycles. The standard InChI is InChI=1S/C8H10N2O2/c1-5(11)7-3-6(12-2)4-10-8(7)9/h3-4H,1-2H3,(H2,9,10). The Morgan fingerprint density at radius 2 is 2.33 bits per heavy atom. The van der Waals surface area contributed by atoms with E-state index < -0.39 is 0 Å². The molecule has 1 rings (SSSR count). The van der Waals surface area contributed by atoms with Crippen LogP contribution in [-0.4, -0.2) is 17.9 Å². The minimum Gasteiger partial charge on any atom is -0.495 e. The maximum absolute atomic E-state index is 11.0. The number of rotatable bonds is 2. The number of anilines is 1. The largest absolute Gasteiger partial charge is 0.495 e. The Bertz CT molecular complexity index is 310. The number of nitrogens with zero attached hydrogens (tertiary/aromatic N) is 1. The molecule has 0 aliphatic heterocycles. The molecule has 64 valence electrons. The van der Waals surface area contributed by atoms with Crippen molar-refractivity contribution in [2.45, 2.75) is 6.92 Å². The van der Waals surface area contributed by atoms with Crippen LogP contribution in [0.15, 0.2) is 12.3 Å². The van der Waals surface area contributed by atoms with Gasteiger partial charge in [0.2, 0.25) is 0 Å². The van der Waals surface area contributed by atoms with Gasteiger partial charge in [0, 0.05) is 0 Å². The number of ether oxygens (including phenoxy) is 1. The van der Waals surface area contributed by atoms with Gasteiger partial charge in [0.25, 0.3) is 0 Å². The van der Waals surface area contributed by atoms with Crippen LogP contribution in [0, 0.1) is 0 Å². The van der Waals surface area contributed by atoms with Crippen LogP contribution in [0.4, 0.5) is 5.82 Å². The van der Waals surface area contributed by atoms with Crippen LogP contribution in [0.1, 0.15) is 17.3 Å². The molecule has 0 saturated carbocycles. The Morgan fingerprint density at radius 3 is 2.83 bits per heavy atom. The first-order chi connectivity index (χ1) is 5.65. The summed E-state index contributed by atoms with van der Waals surface area (Å²) >= 11 is 0. The minimum atomic E-state index is -0.112. The zero-order valence-corrected chi connectivity index (χ0v) is 7.00. The number of ketones is 1. The number of carbonyl (C=O) groups is 1. The number of nitrogen functional groups attached to an aromatic ring is 1. The lowest BCUT2D eigenvalue weighted by molar-refractivity contribution is 0.101. The highest BCUT2D eigenvalue weighted by Gasteiger charge is 2.06. The molecule has 4 nitrogen and oxygen atoms in total. The van der Waals surface area contributed by atoms with E-state index in [1.165, 1.54) is 20.2 Å². The number of Topliss-reactive ketones (excluding diaryl/α,β-unsaturated/α-hetero) is 1. The molecule has 0 spiro atoms. The predicted molar refractivity (Wildman–Crippen MR) is 45.2 cm³/mol. The summed E-state index contributed by atoms with van der Waals surface area (Å²) in [5.41, 5.74) is 5.86. The fraction of sp³-hybridized carbons (Fsp3) is 0.250. The topological polar surface area (TPSA) is 65.2 Å². The number of pyridine rings is 1. The summed E-state index contributed by atoms with van der Waals surface area (Å²) in [5.74, 6) is 0.664. The van der Waals surface area contributed by atoms with Gasteiger partial charge in [-0.15, -0.1) is 0 Å². The average molecular weight is 166 g/mol. The number of carbonyl (C=O) groups excluding carboxylic acids is 1. The quantitative estimate of drug-likeness (QED) is 0.662. The number of aromatic nitrogens is 1. The van der Waals surface area contributed by atoms with Gasteiger partial charge in [-0.2, -0.15) is 0 Å². The first kappa shape index (κ1) is 8.52. The van der Waals surface area contributed by atoms with Gasteiger partial charge in [-0.3, -0.25) is 4.79 Å². The molecule has 0 bridgehead atoms. The van der Waals surface area contributed by atoms with Crippen LogP contribution in [-0.2, 0) is 0 Å². The molecule has 0 fully saturated rings. The lowest BCUT2D eigenvalue weighted by atomic mass is 10.2. The normalized spacial score (nSPS) is 9.50. The van der Waals surface area contributed by atoms with Crippen molar-refractivity contribution in [3.63, 3.8) is 0 Å². The van der Waals surface area contributed by atoms with Gasteiger partial charge in [0.05, 0.1) is 18.9 Å². The van der Waals surface area contributed by atoms with Crippen molar-refractivity contribution < 1.29 is 9.53 Å². The number of hydrogen-bond donors (Lipinski definition) is 1. The zero-order chi connectivity index (χ0) is 9.14. The second-order valence-corrected chi connectivity index (χ2v) is 2.36. The second kappa shape index (κ2) is 3.21. The van der Waals surface area contributed by atoms with E-state index >= 15 is 0 Å². The van der Waals surface area contributed by atoms with Gasteiger partial charge in [0.1, 0.15) is 11.6 Å². The molecule has 2 N–H and O–H groups in total. The summed E-state index contributed by atoms with van der Waals surface area (Å²) in [5, 5.41) is 0. The number of hydrogen-bond acceptors (Lipinski definition) is 4. The first-order valence-electron chi connectivity index (χ1n) is 3.45. The molecule has 0 amide bonds. The van der Waals surface area contributed by atoms with E-state index in [-0.39, 0.29) is 11.6 Å². The second-order valence-electron chi connectivity index (χ2n) is 2.36. The van der Waals surface area contributed by atoms with Gasteiger partial charge >= 0.3 is 0 Å². The fourth-order valence-corrected chi connectivity index (χ4v) is 0.850. The average Bonchev–Trinajstić information content (AvgIpc) is 2.05. The van der Waals surface area contributed by atoms with Gasteiger partial charge in [-0.25, -0.2) is 4.98 Å². The molecule has 1 aromatic rings. The molecule has 0 aliphatic rings. The Balaban J connectivity index is 3.17. The third-order valence-corrected chi connectivity index (χ3v) is 1.51. The molecule has 1 aromatic heterocycles. The minimum absolute atomic E-state index is 0.112. The molecule has 0 radical (unpaired) electrons. The first-order valence-corrected chi connectivity index (χ1v) is 3.45. The van der Waals surface area contributed by atoms with E-state index in [4.69, 9.17) is 10.5 Å². The van der Waals surface area contributed by atoms with Gasteiger partial charge < -0.3 is 10.5 Å². The van der Waals surface area contributed by atoms with Crippen LogP contribution in [0.2, 0.25) is 0 Å². The highest BCUT2D eigenvalue weighted by Crippen LogP contribution is 2.16. The van der Waals surface area contributed by atoms with Crippen molar-refractivity contribution in [2.24, 2.45) is 0 Å². The smallest absolute Gasteiger partial charge is 0.163 e. The maximum atomic E-state index is 11.0. The molecule has 4 heteroatoms. The maximum Gasteiger partial charge on any atom is 0.163 e. The van der Waals surface area contributed by atoms with Gasteiger partial charge in [0.15, 0.2) is 5.78 Å². The van der Waals surface area contributed by atoms with Gasteiger partial charge in [-0.05, 0) is 13.0 Å². The third-order valence-electron chi connectivity index (χ3n) is 1.51. The monoisotopic (exact) mass is 166 g/mol. The Hall–Kier alpha value is -1.58.